The van der Waals surface area contributed by atoms with Crippen LogP contribution in [0.1, 0.15) is 37.9 Å². The Kier molecular flexibility index (Phi) is 5.52. The number of nitrogens with zero attached hydrogens (tertiary/aromatic N) is 2. The number of aliphatic hydroxyl groups excluding tert-OH is 1. The number of likely N-dealkylation sites (tertiary alicyclic amines) is 1. The molecule has 21 heavy (non-hydrogen) atoms. The van der Waals surface area contributed by atoms with E-state index in [-0.39, 0.29) is 5.69 Å². The summed E-state index contributed by atoms with van der Waals surface area (Å²) in [6.45, 7) is 5.16. The van der Waals surface area contributed by atoms with E-state index in [1.54, 1.807) is 13.0 Å². The second kappa shape index (κ2) is 7.38. The van der Waals surface area contributed by atoms with Crippen LogP contribution in [0.25, 0.3) is 0 Å². The third-order valence-electron chi connectivity index (χ3n) is 3.77. The molecule has 116 valence electrons. The summed E-state index contributed by atoms with van der Waals surface area (Å²) in [5, 5.41) is 20.5. The lowest BCUT2D eigenvalue weighted by molar-refractivity contribution is -0.385. The number of rotatable bonds is 6. The van der Waals surface area contributed by atoms with E-state index in [2.05, 4.69) is 4.90 Å². The van der Waals surface area contributed by atoms with Gasteiger partial charge in [-0.15, -0.1) is 0 Å². The molecule has 6 heteroatoms. The van der Waals surface area contributed by atoms with Crippen LogP contribution in [0.2, 0.25) is 0 Å². The monoisotopic (exact) mass is 294 g/mol. The van der Waals surface area contributed by atoms with Gasteiger partial charge in [0.15, 0.2) is 0 Å². The Morgan fingerprint density at radius 3 is 2.71 bits per heavy atom. The van der Waals surface area contributed by atoms with Gasteiger partial charge in [0, 0.05) is 24.2 Å². The largest absolute Gasteiger partial charge is 0.492 e. The van der Waals surface area contributed by atoms with Crippen molar-refractivity contribution in [3.8, 4) is 5.75 Å². The highest BCUT2D eigenvalue weighted by molar-refractivity contribution is 5.44. The number of hydrogen-bond acceptors (Lipinski definition) is 5. The molecule has 0 spiro atoms. The average molecular weight is 294 g/mol. The quantitative estimate of drug-likeness (QED) is 0.644. The molecule has 0 saturated carbocycles. The van der Waals surface area contributed by atoms with Gasteiger partial charge < -0.3 is 9.84 Å². The third-order valence-corrected chi connectivity index (χ3v) is 3.77. The Labute approximate surface area is 124 Å². The first kappa shape index (κ1) is 15.7. The van der Waals surface area contributed by atoms with Crippen molar-refractivity contribution in [1.82, 2.24) is 4.90 Å². The smallest absolute Gasteiger partial charge is 0.270 e. The zero-order valence-electron chi connectivity index (χ0n) is 12.3. The van der Waals surface area contributed by atoms with Crippen molar-refractivity contribution in [1.29, 1.82) is 0 Å². The summed E-state index contributed by atoms with van der Waals surface area (Å²) < 4.78 is 5.71. The van der Waals surface area contributed by atoms with Gasteiger partial charge in [-0.3, -0.25) is 15.0 Å². The minimum atomic E-state index is -0.796. The highest BCUT2D eigenvalue weighted by Gasteiger charge is 2.16. The van der Waals surface area contributed by atoms with Gasteiger partial charge in [0.2, 0.25) is 0 Å². The molecule has 0 aromatic heterocycles. The van der Waals surface area contributed by atoms with Gasteiger partial charge in [0.1, 0.15) is 12.4 Å². The summed E-state index contributed by atoms with van der Waals surface area (Å²) >= 11 is 0. The molecule has 1 fully saturated rings. The number of piperidine rings is 1. The van der Waals surface area contributed by atoms with E-state index in [1.807, 2.05) is 0 Å². The molecule has 0 aliphatic carbocycles. The summed E-state index contributed by atoms with van der Waals surface area (Å²) in [4.78, 5) is 12.7. The minimum absolute atomic E-state index is 0.0331. The van der Waals surface area contributed by atoms with Gasteiger partial charge in [0.25, 0.3) is 5.69 Å². The number of ether oxygens (including phenoxy) is 1. The van der Waals surface area contributed by atoms with E-state index in [0.717, 1.165) is 19.6 Å². The molecule has 0 bridgehead atoms. The Bertz CT molecular complexity index is 485. The van der Waals surface area contributed by atoms with Gasteiger partial charge in [-0.1, -0.05) is 6.42 Å². The standard InChI is InChI=1S/C15H22N2O4/c1-12(18)14-11-13(17(19)20)5-6-15(14)21-10-9-16-7-3-2-4-8-16/h5-6,11-12,18H,2-4,7-10H2,1H3/t12-/m1/s1. The molecule has 1 saturated heterocycles. The molecular formula is C15H22N2O4. The van der Waals surface area contributed by atoms with Crippen molar-refractivity contribution in [2.75, 3.05) is 26.2 Å². The van der Waals surface area contributed by atoms with Crippen molar-refractivity contribution in [3.63, 3.8) is 0 Å². The number of benzene rings is 1. The van der Waals surface area contributed by atoms with Crippen LogP contribution in [0.3, 0.4) is 0 Å². The molecular weight excluding hydrogens is 272 g/mol. The molecule has 2 rings (SSSR count). The molecule has 1 N–H and O–H groups in total. The second-order valence-electron chi connectivity index (χ2n) is 5.41. The predicted octanol–water partition coefficient (Wildman–Crippen LogP) is 2.51. The number of nitro benzene ring substituents is 1. The summed E-state index contributed by atoms with van der Waals surface area (Å²) in [6, 6.07) is 4.35. The zero-order valence-corrected chi connectivity index (χ0v) is 12.3. The van der Waals surface area contributed by atoms with E-state index in [1.165, 1.54) is 31.4 Å². The normalized spacial score (nSPS) is 17.4. The number of hydrogen-bond donors (Lipinski definition) is 1. The molecule has 0 amide bonds. The van der Waals surface area contributed by atoms with Gasteiger partial charge >= 0.3 is 0 Å². The number of aliphatic hydroxyl groups is 1. The highest BCUT2D eigenvalue weighted by atomic mass is 16.6. The highest BCUT2D eigenvalue weighted by Crippen LogP contribution is 2.29. The van der Waals surface area contributed by atoms with Crippen LogP contribution in [-0.2, 0) is 0 Å². The van der Waals surface area contributed by atoms with Crippen LogP contribution < -0.4 is 4.74 Å². The fraction of sp³-hybridized carbons (Fsp3) is 0.600. The maximum atomic E-state index is 10.8. The van der Waals surface area contributed by atoms with Crippen LogP contribution in [0, 0.1) is 10.1 Å². The first-order chi connectivity index (χ1) is 10.1. The zero-order chi connectivity index (χ0) is 15.2. The molecule has 1 aliphatic rings. The van der Waals surface area contributed by atoms with E-state index < -0.39 is 11.0 Å². The topological polar surface area (TPSA) is 75.8 Å². The van der Waals surface area contributed by atoms with E-state index in [0.29, 0.717) is 17.9 Å². The van der Waals surface area contributed by atoms with Crippen molar-refractivity contribution >= 4 is 5.69 Å². The van der Waals surface area contributed by atoms with Crippen LogP contribution in [-0.4, -0.2) is 41.2 Å². The number of non-ortho nitro benzene ring substituents is 1. The molecule has 0 radical (unpaired) electrons. The van der Waals surface area contributed by atoms with E-state index >= 15 is 0 Å². The van der Waals surface area contributed by atoms with Crippen molar-refractivity contribution in [2.24, 2.45) is 0 Å². The molecule has 1 atom stereocenters. The summed E-state index contributed by atoms with van der Waals surface area (Å²) in [7, 11) is 0. The van der Waals surface area contributed by atoms with Gasteiger partial charge in [-0.05, 0) is 38.9 Å². The van der Waals surface area contributed by atoms with Crippen LogP contribution in [0.4, 0.5) is 5.69 Å². The van der Waals surface area contributed by atoms with Crippen LogP contribution in [0.5, 0.6) is 5.75 Å². The first-order valence-corrected chi connectivity index (χ1v) is 7.39. The Morgan fingerprint density at radius 2 is 2.10 bits per heavy atom. The number of nitro groups is 1. The molecule has 1 heterocycles. The van der Waals surface area contributed by atoms with Crippen LogP contribution in [0.15, 0.2) is 18.2 Å². The molecule has 0 unspecified atom stereocenters. The maximum absolute atomic E-state index is 10.8. The molecule has 1 aromatic carbocycles. The van der Waals surface area contributed by atoms with E-state index in [4.69, 9.17) is 4.74 Å². The van der Waals surface area contributed by atoms with Crippen molar-refractivity contribution in [2.45, 2.75) is 32.3 Å². The second-order valence-corrected chi connectivity index (χ2v) is 5.41. The SMILES string of the molecule is C[C@@H](O)c1cc([N+](=O)[O-])ccc1OCCN1CCCCC1. The third kappa shape index (κ3) is 4.41. The molecule has 6 nitrogen and oxygen atoms in total. The fourth-order valence-electron chi connectivity index (χ4n) is 2.58. The minimum Gasteiger partial charge on any atom is -0.492 e. The Morgan fingerprint density at radius 1 is 1.38 bits per heavy atom. The van der Waals surface area contributed by atoms with Crippen molar-refractivity contribution < 1.29 is 14.8 Å². The maximum Gasteiger partial charge on any atom is 0.270 e. The molecule has 1 aromatic rings. The molecule has 1 aliphatic heterocycles. The lowest BCUT2D eigenvalue weighted by atomic mass is 10.1. The Hall–Kier alpha value is -1.66. The van der Waals surface area contributed by atoms with Gasteiger partial charge in [-0.25, -0.2) is 0 Å². The predicted molar refractivity (Wildman–Crippen MR) is 79.5 cm³/mol. The van der Waals surface area contributed by atoms with E-state index in [9.17, 15) is 15.2 Å². The van der Waals surface area contributed by atoms with Crippen LogP contribution >= 0.6 is 0 Å². The van der Waals surface area contributed by atoms with Gasteiger partial charge in [0.05, 0.1) is 11.0 Å². The summed E-state index contributed by atoms with van der Waals surface area (Å²) in [6.07, 6.45) is 2.97. The van der Waals surface area contributed by atoms with Gasteiger partial charge in [-0.2, -0.15) is 0 Å². The average Bonchev–Trinajstić information content (AvgIpc) is 2.48. The lowest BCUT2D eigenvalue weighted by Crippen LogP contribution is -2.33. The first-order valence-electron chi connectivity index (χ1n) is 7.39. The summed E-state index contributed by atoms with van der Waals surface area (Å²) in [5.74, 6) is 0.521. The van der Waals surface area contributed by atoms with Crippen molar-refractivity contribution in [3.05, 3.63) is 33.9 Å². The lowest BCUT2D eigenvalue weighted by Gasteiger charge is -2.26. The summed E-state index contributed by atoms with van der Waals surface area (Å²) in [5.41, 5.74) is 0.428. The fourth-order valence-corrected chi connectivity index (χ4v) is 2.58. The Balaban J connectivity index is 1.96.